The molecule has 2 aromatic carbocycles. The Kier molecular flexibility index (Phi) is 5.58. The molecule has 0 fully saturated rings. The standard InChI is InChI=1S/C21H20N2O2S/c1-15-12-17(24)13-16(2)23(15)14-21(25)22-19-10-6-7-11-20(19)26-18-8-4-3-5-9-18/h3-13H,14H2,1-2H3,(H,22,25). The van der Waals surface area contributed by atoms with Gasteiger partial charge >= 0.3 is 0 Å². The summed E-state index contributed by atoms with van der Waals surface area (Å²) in [5, 5.41) is 2.99. The van der Waals surface area contributed by atoms with Crippen molar-refractivity contribution in [1.29, 1.82) is 0 Å². The highest BCUT2D eigenvalue weighted by Gasteiger charge is 2.10. The molecule has 0 atom stereocenters. The number of para-hydroxylation sites is 1. The van der Waals surface area contributed by atoms with Gasteiger partial charge in [0.05, 0.1) is 5.69 Å². The zero-order chi connectivity index (χ0) is 18.5. The van der Waals surface area contributed by atoms with Crippen molar-refractivity contribution in [3.63, 3.8) is 0 Å². The van der Waals surface area contributed by atoms with E-state index in [1.807, 2.05) is 73.0 Å². The smallest absolute Gasteiger partial charge is 0.244 e. The van der Waals surface area contributed by atoms with E-state index in [-0.39, 0.29) is 17.9 Å². The van der Waals surface area contributed by atoms with Crippen LogP contribution in [0.2, 0.25) is 0 Å². The maximum Gasteiger partial charge on any atom is 0.244 e. The Morgan fingerprint density at radius 3 is 2.27 bits per heavy atom. The molecule has 0 bridgehead atoms. The molecule has 26 heavy (non-hydrogen) atoms. The first-order chi connectivity index (χ1) is 12.5. The highest BCUT2D eigenvalue weighted by Crippen LogP contribution is 2.33. The monoisotopic (exact) mass is 364 g/mol. The van der Waals surface area contributed by atoms with Crippen LogP contribution in [-0.4, -0.2) is 10.5 Å². The summed E-state index contributed by atoms with van der Waals surface area (Å²) in [6.07, 6.45) is 0. The SMILES string of the molecule is Cc1cc(=O)cc(C)n1CC(=O)Nc1ccccc1Sc1ccccc1. The molecular formula is C21H20N2O2S. The molecular weight excluding hydrogens is 344 g/mol. The van der Waals surface area contributed by atoms with Crippen molar-refractivity contribution < 1.29 is 4.79 Å². The number of benzene rings is 2. The van der Waals surface area contributed by atoms with Crippen LogP contribution in [0.3, 0.4) is 0 Å². The summed E-state index contributed by atoms with van der Waals surface area (Å²) >= 11 is 1.61. The molecule has 5 heteroatoms. The molecule has 1 aromatic heterocycles. The number of carbonyl (C=O) groups excluding carboxylic acids is 1. The van der Waals surface area contributed by atoms with Gasteiger partial charge in [-0.15, -0.1) is 0 Å². The molecule has 0 aliphatic heterocycles. The maximum absolute atomic E-state index is 12.6. The van der Waals surface area contributed by atoms with Crippen LogP contribution in [0.5, 0.6) is 0 Å². The number of amides is 1. The lowest BCUT2D eigenvalue weighted by molar-refractivity contribution is -0.116. The Balaban J connectivity index is 1.77. The minimum Gasteiger partial charge on any atom is -0.340 e. The van der Waals surface area contributed by atoms with Gasteiger partial charge in [0, 0.05) is 33.3 Å². The largest absolute Gasteiger partial charge is 0.340 e. The Morgan fingerprint density at radius 2 is 1.58 bits per heavy atom. The number of hydrogen-bond acceptors (Lipinski definition) is 3. The van der Waals surface area contributed by atoms with Crippen molar-refractivity contribution in [3.8, 4) is 0 Å². The van der Waals surface area contributed by atoms with Gasteiger partial charge in [0.15, 0.2) is 5.43 Å². The van der Waals surface area contributed by atoms with E-state index in [0.29, 0.717) is 0 Å². The number of nitrogens with zero attached hydrogens (tertiary/aromatic N) is 1. The van der Waals surface area contributed by atoms with Crippen LogP contribution in [-0.2, 0) is 11.3 Å². The molecule has 0 spiro atoms. The van der Waals surface area contributed by atoms with Crippen molar-refractivity contribution in [1.82, 2.24) is 4.57 Å². The van der Waals surface area contributed by atoms with Gasteiger partial charge in [-0.25, -0.2) is 0 Å². The average molecular weight is 364 g/mol. The quantitative estimate of drug-likeness (QED) is 0.736. The third kappa shape index (κ3) is 4.43. The Hall–Kier alpha value is -2.79. The van der Waals surface area contributed by atoms with Gasteiger partial charge in [-0.05, 0) is 38.1 Å². The lowest BCUT2D eigenvalue weighted by atomic mass is 10.2. The third-order valence-electron chi connectivity index (χ3n) is 3.99. The molecule has 0 saturated heterocycles. The first-order valence-electron chi connectivity index (χ1n) is 8.33. The van der Waals surface area contributed by atoms with Crippen molar-refractivity contribution in [2.24, 2.45) is 0 Å². The van der Waals surface area contributed by atoms with Gasteiger partial charge in [0.25, 0.3) is 0 Å². The van der Waals surface area contributed by atoms with E-state index >= 15 is 0 Å². The second-order valence-electron chi connectivity index (χ2n) is 6.02. The van der Waals surface area contributed by atoms with E-state index in [9.17, 15) is 9.59 Å². The van der Waals surface area contributed by atoms with Crippen LogP contribution < -0.4 is 10.7 Å². The van der Waals surface area contributed by atoms with E-state index in [1.165, 1.54) is 0 Å². The summed E-state index contributed by atoms with van der Waals surface area (Å²) in [6, 6.07) is 20.9. The lowest BCUT2D eigenvalue weighted by Crippen LogP contribution is -2.23. The number of anilines is 1. The van der Waals surface area contributed by atoms with E-state index in [4.69, 9.17) is 0 Å². The normalized spacial score (nSPS) is 10.5. The Bertz CT molecular complexity index is 955. The summed E-state index contributed by atoms with van der Waals surface area (Å²) in [4.78, 5) is 26.2. The van der Waals surface area contributed by atoms with Crippen molar-refractivity contribution in [3.05, 3.63) is 88.3 Å². The van der Waals surface area contributed by atoms with Gasteiger partial charge in [0.1, 0.15) is 6.54 Å². The number of hydrogen-bond donors (Lipinski definition) is 1. The van der Waals surface area contributed by atoms with Crippen LogP contribution in [0.1, 0.15) is 11.4 Å². The summed E-state index contributed by atoms with van der Waals surface area (Å²) < 4.78 is 1.84. The topological polar surface area (TPSA) is 51.1 Å². The number of aromatic nitrogens is 1. The van der Waals surface area contributed by atoms with Crippen LogP contribution in [0.4, 0.5) is 5.69 Å². The lowest BCUT2D eigenvalue weighted by Gasteiger charge is -2.15. The molecule has 1 heterocycles. The number of aryl methyl sites for hydroxylation is 2. The first kappa shape index (κ1) is 18.0. The van der Waals surface area contributed by atoms with E-state index in [1.54, 1.807) is 23.9 Å². The fourth-order valence-electron chi connectivity index (χ4n) is 2.74. The fraction of sp³-hybridized carbons (Fsp3) is 0.143. The van der Waals surface area contributed by atoms with Gasteiger partial charge < -0.3 is 9.88 Å². The second-order valence-corrected chi connectivity index (χ2v) is 7.13. The minimum atomic E-state index is -0.124. The molecule has 0 aliphatic carbocycles. The number of carbonyl (C=O) groups is 1. The minimum absolute atomic E-state index is 0.0405. The van der Waals surface area contributed by atoms with Crippen LogP contribution >= 0.6 is 11.8 Å². The molecule has 132 valence electrons. The molecule has 3 rings (SSSR count). The zero-order valence-electron chi connectivity index (χ0n) is 14.7. The van der Waals surface area contributed by atoms with Crippen LogP contribution in [0, 0.1) is 13.8 Å². The van der Waals surface area contributed by atoms with Gasteiger partial charge in [-0.3, -0.25) is 9.59 Å². The molecule has 0 unspecified atom stereocenters. The molecule has 1 N–H and O–H groups in total. The average Bonchev–Trinajstić information content (AvgIpc) is 2.61. The van der Waals surface area contributed by atoms with E-state index < -0.39 is 0 Å². The van der Waals surface area contributed by atoms with Gasteiger partial charge in [-0.2, -0.15) is 0 Å². The maximum atomic E-state index is 12.6. The van der Waals surface area contributed by atoms with Crippen LogP contribution in [0.15, 0.2) is 81.3 Å². The number of pyridine rings is 1. The van der Waals surface area contributed by atoms with Crippen molar-refractivity contribution in [2.45, 2.75) is 30.2 Å². The van der Waals surface area contributed by atoms with E-state index in [2.05, 4.69) is 5.32 Å². The van der Waals surface area contributed by atoms with Crippen molar-refractivity contribution >= 4 is 23.4 Å². The Labute approximate surface area is 156 Å². The number of rotatable bonds is 5. The molecule has 0 radical (unpaired) electrons. The van der Waals surface area contributed by atoms with Crippen LogP contribution in [0.25, 0.3) is 0 Å². The fourth-order valence-corrected chi connectivity index (χ4v) is 3.67. The zero-order valence-corrected chi connectivity index (χ0v) is 15.5. The summed E-state index contributed by atoms with van der Waals surface area (Å²) in [7, 11) is 0. The highest BCUT2D eigenvalue weighted by molar-refractivity contribution is 7.99. The summed E-state index contributed by atoms with van der Waals surface area (Å²) in [5.74, 6) is -0.124. The predicted octanol–water partition coefficient (Wildman–Crippen LogP) is 4.26. The van der Waals surface area contributed by atoms with Gasteiger partial charge in [-0.1, -0.05) is 42.1 Å². The van der Waals surface area contributed by atoms with E-state index in [0.717, 1.165) is 26.9 Å². The highest BCUT2D eigenvalue weighted by atomic mass is 32.2. The molecule has 0 saturated carbocycles. The summed E-state index contributed by atoms with van der Waals surface area (Å²) in [5.41, 5.74) is 2.29. The third-order valence-corrected chi connectivity index (χ3v) is 5.07. The number of nitrogens with one attached hydrogen (secondary N) is 1. The summed E-state index contributed by atoms with van der Waals surface area (Å²) in [6.45, 7) is 3.84. The molecule has 1 amide bonds. The Morgan fingerprint density at radius 1 is 0.962 bits per heavy atom. The van der Waals surface area contributed by atoms with Gasteiger partial charge in [0.2, 0.25) is 5.91 Å². The van der Waals surface area contributed by atoms with Crippen molar-refractivity contribution in [2.75, 3.05) is 5.32 Å². The second kappa shape index (κ2) is 8.06. The molecule has 4 nitrogen and oxygen atoms in total. The first-order valence-corrected chi connectivity index (χ1v) is 9.14. The molecule has 3 aromatic rings. The predicted molar refractivity (Wildman–Crippen MR) is 106 cm³/mol. The molecule has 0 aliphatic rings.